The number of thioether (sulfide) groups is 1. The van der Waals surface area contributed by atoms with E-state index in [0.717, 1.165) is 12.0 Å². The average molecular weight is 290 g/mol. The van der Waals surface area contributed by atoms with Gasteiger partial charge in [-0.2, -0.15) is 11.8 Å². The predicted octanol–water partition coefficient (Wildman–Crippen LogP) is 5.13. The van der Waals surface area contributed by atoms with Gasteiger partial charge < -0.3 is 0 Å². The number of ketones is 1. The molecule has 20 heavy (non-hydrogen) atoms. The highest BCUT2D eigenvalue weighted by atomic mass is 32.2. The van der Waals surface area contributed by atoms with Crippen molar-refractivity contribution in [2.24, 2.45) is 5.92 Å². The van der Waals surface area contributed by atoms with Crippen LogP contribution in [0, 0.1) is 5.92 Å². The van der Waals surface area contributed by atoms with Crippen LogP contribution in [0.4, 0.5) is 0 Å². The van der Waals surface area contributed by atoms with Crippen molar-refractivity contribution in [3.05, 3.63) is 35.4 Å². The fourth-order valence-corrected chi connectivity index (χ4v) is 4.07. The van der Waals surface area contributed by atoms with E-state index in [1.807, 2.05) is 23.9 Å². The first-order valence-corrected chi connectivity index (χ1v) is 8.94. The van der Waals surface area contributed by atoms with Crippen molar-refractivity contribution in [2.75, 3.05) is 5.75 Å². The second kappa shape index (κ2) is 7.87. The van der Waals surface area contributed by atoms with Crippen LogP contribution >= 0.6 is 11.8 Å². The number of hydrogen-bond acceptors (Lipinski definition) is 2. The van der Waals surface area contributed by atoms with Crippen LogP contribution < -0.4 is 0 Å². The molecule has 1 aliphatic rings. The van der Waals surface area contributed by atoms with Crippen molar-refractivity contribution in [2.45, 2.75) is 57.6 Å². The highest BCUT2D eigenvalue weighted by Gasteiger charge is 2.16. The molecule has 1 saturated carbocycles. The Bertz CT molecular complexity index is 433. The van der Waals surface area contributed by atoms with Crippen molar-refractivity contribution in [3.8, 4) is 0 Å². The molecule has 2 rings (SSSR count). The van der Waals surface area contributed by atoms with Crippen molar-refractivity contribution in [1.29, 1.82) is 0 Å². The van der Waals surface area contributed by atoms with Crippen LogP contribution in [0.2, 0.25) is 0 Å². The van der Waals surface area contributed by atoms with Crippen molar-refractivity contribution in [3.63, 3.8) is 0 Å². The number of carbonyl (C=O) groups excluding carboxylic acids is 1. The highest BCUT2D eigenvalue weighted by molar-refractivity contribution is 8.00. The monoisotopic (exact) mass is 290 g/mol. The largest absolute Gasteiger partial charge is 0.293 e. The topological polar surface area (TPSA) is 17.1 Å². The van der Waals surface area contributed by atoms with Gasteiger partial charge >= 0.3 is 0 Å². The Hall–Kier alpha value is -0.760. The minimum Gasteiger partial charge on any atom is -0.293 e. The van der Waals surface area contributed by atoms with E-state index in [-0.39, 0.29) is 0 Å². The predicted molar refractivity (Wildman–Crippen MR) is 88.6 cm³/mol. The van der Waals surface area contributed by atoms with Gasteiger partial charge in [0.2, 0.25) is 0 Å². The van der Waals surface area contributed by atoms with Gasteiger partial charge in [-0.1, -0.05) is 51.3 Å². The lowest BCUT2D eigenvalue weighted by Crippen LogP contribution is -2.12. The molecule has 0 aromatic heterocycles. The summed E-state index contributed by atoms with van der Waals surface area (Å²) in [5.74, 6) is 1.58. The van der Waals surface area contributed by atoms with Crippen LogP contribution in [0.5, 0.6) is 0 Å². The summed E-state index contributed by atoms with van der Waals surface area (Å²) in [6.45, 7) is 4.43. The number of Topliss-reactive ketones (excluding diaryl/α,β-unsaturated/α-hetero) is 1. The molecule has 1 fully saturated rings. The SMILES string of the molecule is CC(C)Cc1cccc(C(=O)CSC2CCCCC2)c1. The second-order valence-electron chi connectivity index (χ2n) is 6.29. The first kappa shape index (κ1) is 15.6. The van der Waals surface area contributed by atoms with E-state index >= 15 is 0 Å². The lowest BCUT2D eigenvalue weighted by molar-refractivity contribution is 0.102. The Morgan fingerprint density at radius 3 is 2.70 bits per heavy atom. The zero-order valence-electron chi connectivity index (χ0n) is 12.7. The maximum Gasteiger partial charge on any atom is 0.172 e. The summed E-state index contributed by atoms with van der Waals surface area (Å²) < 4.78 is 0. The molecule has 1 aliphatic carbocycles. The summed E-state index contributed by atoms with van der Waals surface area (Å²) in [5.41, 5.74) is 2.18. The van der Waals surface area contributed by atoms with E-state index in [0.29, 0.717) is 22.7 Å². The molecule has 0 spiro atoms. The number of rotatable bonds is 6. The van der Waals surface area contributed by atoms with Gasteiger partial charge in [-0.25, -0.2) is 0 Å². The molecule has 0 unspecified atom stereocenters. The number of benzene rings is 1. The van der Waals surface area contributed by atoms with Crippen LogP contribution in [-0.2, 0) is 6.42 Å². The normalized spacial score (nSPS) is 16.6. The standard InChI is InChI=1S/C18H26OS/c1-14(2)11-15-7-6-8-16(12-15)18(19)13-20-17-9-4-3-5-10-17/h6-8,12,14,17H,3-5,9-11,13H2,1-2H3. The number of carbonyl (C=O) groups is 1. The van der Waals surface area contributed by atoms with Gasteiger partial charge in [0.1, 0.15) is 0 Å². The van der Waals surface area contributed by atoms with Gasteiger partial charge in [-0.15, -0.1) is 0 Å². The molecular formula is C18H26OS. The zero-order valence-corrected chi connectivity index (χ0v) is 13.5. The van der Waals surface area contributed by atoms with Gasteiger partial charge in [0.15, 0.2) is 5.78 Å². The lowest BCUT2D eigenvalue weighted by Gasteiger charge is -2.20. The number of hydrogen-bond donors (Lipinski definition) is 0. The molecule has 110 valence electrons. The zero-order chi connectivity index (χ0) is 14.4. The molecule has 1 nitrogen and oxygen atoms in total. The first-order valence-electron chi connectivity index (χ1n) is 7.89. The third kappa shape index (κ3) is 4.97. The Morgan fingerprint density at radius 1 is 1.25 bits per heavy atom. The molecule has 0 radical (unpaired) electrons. The third-order valence-corrected chi connectivity index (χ3v) is 5.27. The smallest absolute Gasteiger partial charge is 0.172 e. The fraction of sp³-hybridized carbons (Fsp3) is 0.611. The summed E-state index contributed by atoms with van der Waals surface area (Å²) in [6, 6.07) is 8.21. The summed E-state index contributed by atoms with van der Waals surface area (Å²) in [5, 5.41) is 0.714. The molecule has 0 heterocycles. The van der Waals surface area contributed by atoms with Crippen molar-refractivity contribution in [1.82, 2.24) is 0 Å². The van der Waals surface area contributed by atoms with Gasteiger partial charge in [0, 0.05) is 10.8 Å². The third-order valence-electron chi connectivity index (χ3n) is 3.90. The Kier molecular flexibility index (Phi) is 6.15. The lowest BCUT2D eigenvalue weighted by atomic mass is 10.00. The van der Waals surface area contributed by atoms with Crippen LogP contribution in [-0.4, -0.2) is 16.8 Å². The van der Waals surface area contributed by atoms with E-state index < -0.39 is 0 Å². The molecule has 0 atom stereocenters. The first-order chi connectivity index (χ1) is 9.65. The van der Waals surface area contributed by atoms with Gasteiger partial charge in [-0.05, 0) is 36.8 Å². The van der Waals surface area contributed by atoms with Crippen molar-refractivity contribution >= 4 is 17.5 Å². The molecule has 0 amide bonds. The Balaban J connectivity index is 1.88. The van der Waals surface area contributed by atoms with E-state index in [1.165, 1.54) is 37.7 Å². The van der Waals surface area contributed by atoms with Gasteiger partial charge in [0.05, 0.1) is 5.75 Å². The van der Waals surface area contributed by atoms with Crippen LogP contribution in [0.1, 0.15) is 61.9 Å². The quantitative estimate of drug-likeness (QED) is 0.675. The highest BCUT2D eigenvalue weighted by Crippen LogP contribution is 2.28. The molecular weight excluding hydrogens is 264 g/mol. The Morgan fingerprint density at radius 2 is 2.00 bits per heavy atom. The maximum atomic E-state index is 12.3. The average Bonchev–Trinajstić information content (AvgIpc) is 2.45. The summed E-state index contributed by atoms with van der Waals surface area (Å²) >= 11 is 1.87. The molecule has 0 N–H and O–H groups in total. The fourth-order valence-electron chi connectivity index (χ4n) is 2.85. The summed E-state index contributed by atoms with van der Waals surface area (Å²) in [6.07, 6.45) is 7.71. The maximum absolute atomic E-state index is 12.3. The van der Waals surface area contributed by atoms with Gasteiger partial charge in [-0.3, -0.25) is 4.79 Å². The van der Waals surface area contributed by atoms with Crippen LogP contribution in [0.15, 0.2) is 24.3 Å². The minimum absolute atomic E-state index is 0.297. The molecule has 1 aromatic rings. The molecule has 1 aromatic carbocycles. The van der Waals surface area contributed by atoms with Crippen molar-refractivity contribution < 1.29 is 4.79 Å². The van der Waals surface area contributed by atoms with E-state index in [2.05, 4.69) is 26.0 Å². The van der Waals surface area contributed by atoms with E-state index in [9.17, 15) is 4.79 Å². The summed E-state index contributed by atoms with van der Waals surface area (Å²) in [4.78, 5) is 12.3. The Labute approximate surface area is 127 Å². The molecule has 0 saturated heterocycles. The van der Waals surface area contributed by atoms with Crippen LogP contribution in [0.25, 0.3) is 0 Å². The summed E-state index contributed by atoms with van der Waals surface area (Å²) in [7, 11) is 0. The molecule has 0 bridgehead atoms. The second-order valence-corrected chi connectivity index (χ2v) is 7.58. The molecule has 2 heteroatoms. The van der Waals surface area contributed by atoms with E-state index in [1.54, 1.807) is 0 Å². The van der Waals surface area contributed by atoms with Gasteiger partial charge in [0.25, 0.3) is 0 Å². The van der Waals surface area contributed by atoms with E-state index in [4.69, 9.17) is 0 Å². The molecule has 0 aliphatic heterocycles. The van der Waals surface area contributed by atoms with Crippen LogP contribution in [0.3, 0.4) is 0 Å². The minimum atomic E-state index is 0.297.